The molecule has 0 radical (unpaired) electrons. The highest BCUT2D eigenvalue weighted by Crippen LogP contribution is 2.20. The standard InChI is InChI=1S/C27H41N7O7/c1-17(35)18-9-5-3-2-4-6-12-22(36)34-16-8-11-21(34)26(40)32-19-10-7-15-29-27(28)33-41-23(37)14-13-20(25(39)30-18)31-24(19)38/h2,4,18-21H,3,5-16H2,1H3,(H,30,39)(H,31,38)(H,32,40)(H3,28,29,33)/b4-2+/t18-,19-,20-,21-/m0/s1. The Kier molecular flexibility index (Phi) is 12.1. The number of hydroxylamine groups is 1. The fourth-order valence-electron chi connectivity index (χ4n) is 5.04. The molecule has 226 valence electrons. The van der Waals surface area contributed by atoms with Crippen LogP contribution in [0.1, 0.15) is 77.6 Å². The fraction of sp³-hybridized carbons (Fsp3) is 0.667. The Morgan fingerprint density at radius 1 is 0.878 bits per heavy atom. The van der Waals surface area contributed by atoms with Crippen LogP contribution in [0.25, 0.3) is 0 Å². The molecule has 14 heteroatoms. The number of hydrogen-bond donors (Lipinski definition) is 5. The van der Waals surface area contributed by atoms with Gasteiger partial charge in [-0.05, 0) is 64.7 Å². The van der Waals surface area contributed by atoms with Gasteiger partial charge in [0.15, 0.2) is 5.78 Å². The van der Waals surface area contributed by atoms with E-state index in [1.807, 2.05) is 12.2 Å². The van der Waals surface area contributed by atoms with Crippen LogP contribution in [0.4, 0.5) is 0 Å². The second-order valence-electron chi connectivity index (χ2n) is 10.5. The van der Waals surface area contributed by atoms with Crippen molar-refractivity contribution in [1.82, 2.24) is 26.3 Å². The van der Waals surface area contributed by atoms with Gasteiger partial charge in [-0.2, -0.15) is 5.48 Å². The molecule has 0 saturated carbocycles. The van der Waals surface area contributed by atoms with Gasteiger partial charge in [-0.1, -0.05) is 12.2 Å². The van der Waals surface area contributed by atoms with Gasteiger partial charge >= 0.3 is 5.97 Å². The summed E-state index contributed by atoms with van der Waals surface area (Å²) in [7, 11) is 0. The third-order valence-electron chi connectivity index (χ3n) is 7.34. The minimum absolute atomic E-state index is 0.128. The molecular formula is C27H41N7O7. The van der Waals surface area contributed by atoms with E-state index in [4.69, 9.17) is 10.6 Å². The van der Waals surface area contributed by atoms with Crippen LogP contribution in [-0.2, 0) is 33.6 Å². The highest BCUT2D eigenvalue weighted by molar-refractivity contribution is 5.95. The van der Waals surface area contributed by atoms with E-state index in [0.717, 1.165) is 0 Å². The summed E-state index contributed by atoms with van der Waals surface area (Å²) in [5.74, 6) is -2.94. The number of nitrogens with two attached hydrogens (primary N) is 1. The van der Waals surface area contributed by atoms with Crippen LogP contribution in [0.2, 0.25) is 0 Å². The number of hydrogen-bond acceptors (Lipinski definition) is 10. The Morgan fingerprint density at radius 2 is 1.59 bits per heavy atom. The maximum Gasteiger partial charge on any atom is 0.332 e. The maximum atomic E-state index is 13.5. The number of carbonyl (C=O) groups is 6. The van der Waals surface area contributed by atoms with E-state index in [1.54, 1.807) is 4.90 Å². The number of allylic oxidation sites excluding steroid dienone is 2. The molecule has 0 aromatic carbocycles. The molecule has 2 bridgehead atoms. The largest absolute Gasteiger partial charge is 0.368 e. The van der Waals surface area contributed by atoms with E-state index < -0.39 is 47.9 Å². The summed E-state index contributed by atoms with van der Waals surface area (Å²) in [6.45, 7) is 2.01. The summed E-state index contributed by atoms with van der Waals surface area (Å²) in [6.07, 6.45) is 7.52. The van der Waals surface area contributed by atoms with Crippen molar-refractivity contribution in [3.05, 3.63) is 12.2 Å². The predicted molar refractivity (Wildman–Crippen MR) is 148 cm³/mol. The van der Waals surface area contributed by atoms with Crippen molar-refractivity contribution in [3.63, 3.8) is 0 Å². The monoisotopic (exact) mass is 575 g/mol. The zero-order valence-electron chi connectivity index (χ0n) is 23.5. The average Bonchev–Trinajstić information content (AvgIpc) is 3.43. The van der Waals surface area contributed by atoms with Crippen LogP contribution < -0.4 is 27.2 Å². The highest BCUT2D eigenvalue weighted by atomic mass is 16.7. The van der Waals surface area contributed by atoms with Crippen molar-refractivity contribution in [2.45, 2.75) is 102 Å². The fourth-order valence-corrected chi connectivity index (χ4v) is 5.04. The van der Waals surface area contributed by atoms with E-state index >= 15 is 0 Å². The topological polar surface area (TPSA) is 201 Å². The molecule has 0 aromatic heterocycles. The molecule has 0 spiro atoms. The molecule has 1 fully saturated rings. The number of nitrogens with zero attached hydrogens (tertiary/aromatic N) is 2. The molecule has 0 aromatic rings. The number of ketones is 1. The third-order valence-corrected chi connectivity index (χ3v) is 7.34. The molecular weight excluding hydrogens is 534 g/mol. The van der Waals surface area contributed by atoms with E-state index in [-0.39, 0.29) is 49.9 Å². The maximum absolute atomic E-state index is 13.5. The van der Waals surface area contributed by atoms with Gasteiger partial charge in [-0.15, -0.1) is 0 Å². The molecule has 4 atom stereocenters. The molecule has 0 aliphatic carbocycles. The summed E-state index contributed by atoms with van der Waals surface area (Å²) < 4.78 is 0. The number of fused-ring (bicyclic) bond motifs is 4. The second kappa shape index (κ2) is 15.7. The van der Waals surface area contributed by atoms with E-state index in [2.05, 4.69) is 26.4 Å². The number of aliphatic imine (C=N–C) groups is 1. The zero-order chi connectivity index (χ0) is 29.8. The Balaban J connectivity index is 1.90. The van der Waals surface area contributed by atoms with Gasteiger partial charge in [0.1, 0.15) is 18.1 Å². The number of Topliss-reactive ketones (excluding diaryl/α,β-unsaturated/α-hetero) is 1. The lowest BCUT2D eigenvalue weighted by molar-refractivity contribution is -0.148. The van der Waals surface area contributed by atoms with Crippen LogP contribution in [-0.4, -0.2) is 83.5 Å². The van der Waals surface area contributed by atoms with Crippen LogP contribution in [0, 0.1) is 0 Å². The van der Waals surface area contributed by atoms with Crippen molar-refractivity contribution in [1.29, 1.82) is 0 Å². The molecule has 41 heavy (non-hydrogen) atoms. The van der Waals surface area contributed by atoms with E-state index in [1.165, 1.54) is 6.92 Å². The average molecular weight is 576 g/mol. The van der Waals surface area contributed by atoms with Gasteiger partial charge < -0.3 is 31.4 Å². The lowest BCUT2D eigenvalue weighted by Crippen LogP contribution is -2.57. The number of amides is 4. The quantitative estimate of drug-likeness (QED) is 0.255. The number of guanidine groups is 1. The van der Waals surface area contributed by atoms with Crippen molar-refractivity contribution in [2.75, 3.05) is 13.1 Å². The summed E-state index contributed by atoms with van der Waals surface area (Å²) >= 11 is 0. The van der Waals surface area contributed by atoms with Crippen LogP contribution in [0.3, 0.4) is 0 Å². The van der Waals surface area contributed by atoms with Crippen molar-refractivity contribution in [2.24, 2.45) is 10.7 Å². The van der Waals surface area contributed by atoms with Crippen LogP contribution in [0.15, 0.2) is 17.1 Å². The molecule has 1 saturated heterocycles. The zero-order valence-corrected chi connectivity index (χ0v) is 23.5. The van der Waals surface area contributed by atoms with Gasteiger partial charge in [-0.3, -0.25) is 29.0 Å². The molecule has 3 aliphatic rings. The summed E-state index contributed by atoms with van der Waals surface area (Å²) in [5, 5.41) is 8.13. The minimum atomic E-state index is -1.18. The first-order chi connectivity index (χ1) is 19.7. The van der Waals surface area contributed by atoms with Gasteiger partial charge in [0.25, 0.3) is 0 Å². The molecule has 3 aliphatic heterocycles. The Morgan fingerprint density at radius 3 is 2.37 bits per heavy atom. The summed E-state index contributed by atoms with van der Waals surface area (Å²) in [4.78, 5) is 88.0. The first kappa shape index (κ1) is 31.6. The Hall–Kier alpha value is -3.97. The lowest BCUT2D eigenvalue weighted by atomic mass is 10.0. The second-order valence-corrected chi connectivity index (χ2v) is 10.5. The third kappa shape index (κ3) is 9.87. The number of nitrogens with one attached hydrogen (secondary N) is 4. The van der Waals surface area contributed by atoms with E-state index in [0.29, 0.717) is 51.5 Å². The molecule has 14 nitrogen and oxygen atoms in total. The van der Waals surface area contributed by atoms with Crippen molar-refractivity contribution in [3.8, 4) is 0 Å². The lowest BCUT2D eigenvalue weighted by Gasteiger charge is -2.28. The Labute approximate surface area is 239 Å². The normalized spacial score (nSPS) is 29.0. The van der Waals surface area contributed by atoms with Gasteiger partial charge in [0, 0.05) is 19.5 Å². The number of carbonyl (C=O) groups excluding carboxylic acids is 6. The van der Waals surface area contributed by atoms with Gasteiger partial charge in [0.05, 0.1) is 12.5 Å². The number of rotatable bonds is 1. The molecule has 6 N–H and O–H groups in total. The predicted octanol–water partition coefficient (Wildman–Crippen LogP) is -0.522. The van der Waals surface area contributed by atoms with Crippen LogP contribution in [0.5, 0.6) is 0 Å². The van der Waals surface area contributed by atoms with Gasteiger partial charge in [-0.25, -0.2) is 4.79 Å². The first-order valence-electron chi connectivity index (χ1n) is 14.3. The van der Waals surface area contributed by atoms with Crippen molar-refractivity contribution >= 4 is 41.3 Å². The molecule has 3 rings (SSSR count). The van der Waals surface area contributed by atoms with Crippen LogP contribution >= 0.6 is 0 Å². The summed E-state index contributed by atoms with van der Waals surface area (Å²) in [5.41, 5.74) is 7.97. The first-order valence-corrected chi connectivity index (χ1v) is 14.3. The van der Waals surface area contributed by atoms with E-state index in [9.17, 15) is 28.8 Å². The summed E-state index contributed by atoms with van der Waals surface area (Å²) in [6, 6.07) is -3.70. The Bertz CT molecular complexity index is 1060. The minimum Gasteiger partial charge on any atom is -0.368 e. The van der Waals surface area contributed by atoms with Gasteiger partial charge in [0.2, 0.25) is 29.6 Å². The molecule has 0 unspecified atom stereocenters. The highest BCUT2D eigenvalue weighted by Gasteiger charge is 2.36. The molecule has 3 heterocycles. The van der Waals surface area contributed by atoms with Crippen molar-refractivity contribution < 1.29 is 33.6 Å². The smallest absolute Gasteiger partial charge is 0.332 e. The molecule has 4 amide bonds. The SMILES string of the molecule is CC(=O)[C@@H]1CCC/C=C/CCC(=O)N2CCC[C@H]2C(=O)N[C@H]2CCCN=C(N)NOC(=O)CC[C@H](NC2=O)C(=O)N1.